The van der Waals surface area contributed by atoms with Crippen LogP contribution in [-0.4, -0.2) is 61.9 Å². The standard InChI is InChI=1S/C11H21N3O2/c1-13(2)7-5-4-6-12-9-8-10(15)14(3)11(9)16/h9,12H,4-8H2,1-3H3. The quantitative estimate of drug-likeness (QED) is 0.499. The second kappa shape index (κ2) is 5.96. The molecule has 1 atom stereocenters. The molecule has 1 aliphatic rings. The van der Waals surface area contributed by atoms with E-state index in [-0.39, 0.29) is 17.9 Å². The Balaban J connectivity index is 2.15. The van der Waals surface area contributed by atoms with E-state index in [1.54, 1.807) is 7.05 Å². The van der Waals surface area contributed by atoms with Crippen LogP contribution in [0.5, 0.6) is 0 Å². The minimum absolute atomic E-state index is 0.0872. The summed E-state index contributed by atoms with van der Waals surface area (Å²) in [7, 11) is 5.63. The summed E-state index contributed by atoms with van der Waals surface area (Å²) in [5.41, 5.74) is 0. The van der Waals surface area contributed by atoms with Gasteiger partial charge in [-0.15, -0.1) is 0 Å². The van der Waals surface area contributed by atoms with Crippen LogP contribution in [0.3, 0.4) is 0 Å². The molecule has 1 fully saturated rings. The first-order chi connectivity index (χ1) is 7.52. The Morgan fingerprint density at radius 2 is 2.06 bits per heavy atom. The van der Waals surface area contributed by atoms with Crippen molar-refractivity contribution in [2.75, 3.05) is 34.2 Å². The SMILES string of the molecule is CN(C)CCCCNC1CC(=O)N(C)C1=O. The molecule has 5 heteroatoms. The first-order valence-electron chi connectivity index (χ1n) is 5.71. The lowest BCUT2D eigenvalue weighted by Crippen LogP contribution is -2.37. The third-order valence-corrected chi connectivity index (χ3v) is 2.80. The van der Waals surface area contributed by atoms with Crippen LogP contribution < -0.4 is 5.32 Å². The second-order valence-corrected chi connectivity index (χ2v) is 4.51. The second-order valence-electron chi connectivity index (χ2n) is 4.51. The van der Waals surface area contributed by atoms with Gasteiger partial charge in [0.25, 0.3) is 0 Å². The maximum atomic E-state index is 11.5. The Morgan fingerprint density at radius 3 is 2.56 bits per heavy atom. The highest BCUT2D eigenvalue weighted by molar-refractivity contribution is 6.05. The molecule has 0 radical (unpaired) electrons. The first-order valence-corrected chi connectivity index (χ1v) is 5.71. The number of likely N-dealkylation sites (tertiary alicyclic amines) is 1. The number of unbranched alkanes of at least 4 members (excludes halogenated alkanes) is 1. The van der Waals surface area contributed by atoms with Gasteiger partial charge in [-0.25, -0.2) is 0 Å². The van der Waals surface area contributed by atoms with E-state index in [1.165, 1.54) is 4.90 Å². The van der Waals surface area contributed by atoms with Gasteiger partial charge in [0.15, 0.2) is 0 Å². The van der Waals surface area contributed by atoms with Crippen molar-refractivity contribution in [1.29, 1.82) is 0 Å². The third kappa shape index (κ3) is 3.57. The average molecular weight is 227 g/mol. The van der Waals surface area contributed by atoms with Crippen LogP contribution in [0.4, 0.5) is 0 Å². The fourth-order valence-electron chi connectivity index (χ4n) is 1.74. The fourth-order valence-corrected chi connectivity index (χ4v) is 1.74. The van der Waals surface area contributed by atoms with Crippen molar-refractivity contribution in [3.63, 3.8) is 0 Å². The number of nitrogens with one attached hydrogen (secondary N) is 1. The molecule has 0 saturated carbocycles. The molecular formula is C11H21N3O2. The molecule has 92 valence electrons. The molecule has 0 aromatic rings. The zero-order valence-electron chi connectivity index (χ0n) is 10.3. The zero-order valence-corrected chi connectivity index (χ0v) is 10.3. The molecular weight excluding hydrogens is 206 g/mol. The number of rotatable bonds is 6. The molecule has 0 aliphatic carbocycles. The lowest BCUT2D eigenvalue weighted by atomic mass is 10.2. The van der Waals surface area contributed by atoms with Crippen LogP contribution in [0, 0.1) is 0 Å². The van der Waals surface area contributed by atoms with Gasteiger partial charge in [-0.1, -0.05) is 0 Å². The molecule has 1 saturated heterocycles. The van der Waals surface area contributed by atoms with Crippen molar-refractivity contribution in [2.24, 2.45) is 0 Å². The molecule has 2 amide bonds. The van der Waals surface area contributed by atoms with E-state index >= 15 is 0 Å². The van der Waals surface area contributed by atoms with Gasteiger partial charge in [-0.3, -0.25) is 14.5 Å². The summed E-state index contributed by atoms with van der Waals surface area (Å²) in [4.78, 5) is 26.1. The van der Waals surface area contributed by atoms with E-state index in [1.807, 2.05) is 14.1 Å². The maximum absolute atomic E-state index is 11.5. The monoisotopic (exact) mass is 227 g/mol. The van der Waals surface area contributed by atoms with Crippen molar-refractivity contribution in [3.8, 4) is 0 Å². The van der Waals surface area contributed by atoms with Crippen molar-refractivity contribution in [3.05, 3.63) is 0 Å². The highest BCUT2D eigenvalue weighted by Crippen LogP contribution is 2.10. The number of amides is 2. The van der Waals surface area contributed by atoms with Gasteiger partial charge in [0.1, 0.15) is 0 Å². The van der Waals surface area contributed by atoms with Crippen molar-refractivity contribution < 1.29 is 9.59 Å². The Morgan fingerprint density at radius 1 is 1.38 bits per heavy atom. The van der Waals surface area contributed by atoms with E-state index in [0.29, 0.717) is 6.42 Å². The van der Waals surface area contributed by atoms with Crippen LogP contribution in [0.25, 0.3) is 0 Å². The van der Waals surface area contributed by atoms with Crippen LogP contribution >= 0.6 is 0 Å². The van der Waals surface area contributed by atoms with E-state index < -0.39 is 0 Å². The Labute approximate surface area is 96.8 Å². The van der Waals surface area contributed by atoms with Crippen molar-refractivity contribution in [1.82, 2.24) is 15.1 Å². The summed E-state index contributed by atoms with van der Waals surface area (Å²) < 4.78 is 0. The van der Waals surface area contributed by atoms with E-state index in [2.05, 4.69) is 10.2 Å². The summed E-state index contributed by atoms with van der Waals surface area (Å²) in [5, 5.41) is 3.14. The molecule has 0 aromatic carbocycles. The van der Waals surface area contributed by atoms with Gasteiger partial charge in [0, 0.05) is 7.05 Å². The van der Waals surface area contributed by atoms with Crippen LogP contribution in [0.2, 0.25) is 0 Å². The van der Waals surface area contributed by atoms with E-state index in [4.69, 9.17) is 0 Å². The zero-order chi connectivity index (χ0) is 12.1. The molecule has 0 bridgehead atoms. The molecule has 1 N–H and O–H groups in total. The minimum atomic E-state index is -0.295. The van der Waals surface area contributed by atoms with Crippen LogP contribution in [0.15, 0.2) is 0 Å². The maximum Gasteiger partial charge on any atom is 0.246 e. The summed E-state index contributed by atoms with van der Waals surface area (Å²) >= 11 is 0. The summed E-state index contributed by atoms with van der Waals surface area (Å²) in [5.74, 6) is -0.187. The van der Waals surface area contributed by atoms with Gasteiger partial charge in [0.05, 0.1) is 12.5 Å². The number of carbonyl (C=O) groups excluding carboxylic acids is 2. The van der Waals surface area contributed by atoms with E-state index in [9.17, 15) is 9.59 Å². The number of likely N-dealkylation sites (N-methyl/N-ethyl adjacent to an activating group) is 1. The van der Waals surface area contributed by atoms with Gasteiger partial charge < -0.3 is 10.2 Å². The lowest BCUT2D eigenvalue weighted by molar-refractivity contribution is -0.137. The summed E-state index contributed by atoms with van der Waals surface area (Å²) in [6.07, 6.45) is 2.44. The van der Waals surface area contributed by atoms with Crippen molar-refractivity contribution in [2.45, 2.75) is 25.3 Å². The molecule has 1 heterocycles. The van der Waals surface area contributed by atoms with Crippen molar-refractivity contribution >= 4 is 11.8 Å². The number of hydrogen-bond donors (Lipinski definition) is 1. The smallest absolute Gasteiger partial charge is 0.246 e. The molecule has 0 aromatic heterocycles. The number of nitrogens with zero attached hydrogens (tertiary/aromatic N) is 2. The van der Waals surface area contributed by atoms with Gasteiger partial charge in [-0.2, -0.15) is 0 Å². The largest absolute Gasteiger partial charge is 0.309 e. The molecule has 1 rings (SSSR count). The lowest BCUT2D eigenvalue weighted by Gasteiger charge is -2.12. The Kier molecular flexibility index (Phi) is 4.89. The number of hydrogen-bond acceptors (Lipinski definition) is 4. The van der Waals surface area contributed by atoms with Crippen LogP contribution in [-0.2, 0) is 9.59 Å². The Bertz CT molecular complexity index is 266. The minimum Gasteiger partial charge on any atom is -0.309 e. The first kappa shape index (κ1) is 13.1. The Hall–Kier alpha value is -0.940. The molecule has 0 spiro atoms. The van der Waals surface area contributed by atoms with Crippen LogP contribution in [0.1, 0.15) is 19.3 Å². The summed E-state index contributed by atoms with van der Waals surface area (Å²) in [6.45, 7) is 1.85. The third-order valence-electron chi connectivity index (χ3n) is 2.80. The predicted molar refractivity (Wildman–Crippen MR) is 62.0 cm³/mol. The highest BCUT2D eigenvalue weighted by Gasteiger charge is 2.35. The van der Waals surface area contributed by atoms with Gasteiger partial charge >= 0.3 is 0 Å². The molecule has 1 aliphatic heterocycles. The fraction of sp³-hybridized carbons (Fsp3) is 0.818. The topological polar surface area (TPSA) is 52.7 Å². The molecule has 16 heavy (non-hydrogen) atoms. The summed E-state index contributed by atoms with van der Waals surface area (Å²) in [6, 6.07) is -0.295. The van der Waals surface area contributed by atoms with Gasteiger partial charge in [0.2, 0.25) is 11.8 Å². The molecule has 1 unspecified atom stereocenters. The van der Waals surface area contributed by atoms with Gasteiger partial charge in [-0.05, 0) is 40.0 Å². The number of imide groups is 1. The average Bonchev–Trinajstić information content (AvgIpc) is 2.45. The predicted octanol–water partition coefficient (Wildman–Crippen LogP) is -0.325. The number of carbonyl (C=O) groups is 2. The molecule has 5 nitrogen and oxygen atoms in total. The highest BCUT2D eigenvalue weighted by atomic mass is 16.2. The van der Waals surface area contributed by atoms with E-state index in [0.717, 1.165) is 25.9 Å². The normalized spacial score (nSPS) is 21.2.